The fourth-order valence-corrected chi connectivity index (χ4v) is 3.27. The third kappa shape index (κ3) is 3.00. The molecule has 0 bridgehead atoms. The number of rotatable bonds is 4. The molecule has 0 aliphatic rings. The van der Waals surface area contributed by atoms with E-state index in [1.54, 1.807) is 6.92 Å². The van der Waals surface area contributed by atoms with Crippen LogP contribution in [0.15, 0.2) is 16.3 Å². The molecule has 0 saturated carbocycles. The maximum Gasteiger partial charge on any atom is 0.250 e. The van der Waals surface area contributed by atoms with E-state index in [2.05, 4.69) is 4.72 Å². The first-order valence-corrected chi connectivity index (χ1v) is 6.52. The maximum atomic E-state index is 11.7. The minimum Gasteiger partial charge on any atom is -0.329 e. The average molecular weight is 245 g/mol. The van der Waals surface area contributed by atoms with Gasteiger partial charge in [0.2, 0.25) is 10.0 Å². The Balaban J connectivity index is 2.92. The van der Waals surface area contributed by atoms with Crippen molar-refractivity contribution in [2.24, 2.45) is 5.73 Å². The molecule has 5 nitrogen and oxygen atoms in total. The van der Waals surface area contributed by atoms with Crippen molar-refractivity contribution in [2.75, 3.05) is 6.54 Å². The first-order chi connectivity index (χ1) is 6.99. The Hall–Kier alpha value is -0.940. The number of nitrogens with zero attached hydrogens (tertiary/aromatic N) is 1. The molecule has 1 atom stereocenters. The molecular weight excluding hydrogens is 234 g/mol. The van der Waals surface area contributed by atoms with E-state index in [4.69, 9.17) is 11.0 Å². The molecule has 7 heteroatoms. The van der Waals surface area contributed by atoms with Gasteiger partial charge in [-0.3, -0.25) is 0 Å². The van der Waals surface area contributed by atoms with Crippen LogP contribution in [0.5, 0.6) is 0 Å². The molecule has 0 spiro atoms. The monoisotopic (exact) mass is 245 g/mol. The number of sulfonamides is 1. The highest BCUT2D eigenvalue weighted by atomic mass is 32.2. The van der Waals surface area contributed by atoms with Gasteiger partial charge in [-0.15, -0.1) is 11.3 Å². The van der Waals surface area contributed by atoms with Crippen molar-refractivity contribution in [1.82, 2.24) is 4.72 Å². The number of hydrogen-bond acceptors (Lipinski definition) is 5. The van der Waals surface area contributed by atoms with Gasteiger partial charge < -0.3 is 5.73 Å². The summed E-state index contributed by atoms with van der Waals surface area (Å²) in [4.78, 5) is 0.371. The molecule has 0 aromatic carbocycles. The number of hydrogen-bond donors (Lipinski definition) is 2. The number of nitrogens with one attached hydrogen (secondary N) is 1. The van der Waals surface area contributed by atoms with Crippen LogP contribution in [0.25, 0.3) is 0 Å². The lowest BCUT2D eigenvalue weighted by Gasteiger charge is -2.09. The Morgan fingerprint density at radius 1 is 1.67 bits per heavy atom. The molecule has 0 saturated heterocycles. The summed E-state index contributed by atoms with van der Waals surface area (Å²) < 4.78 is 25.9. The zero-order valence-corrected chi connectivity index (χ0v) is 9.73. The van der Waals surface area contributed by atoms with Crippen LogP contribution < -0.4 is 10.5 Å². The number of nitriles is 1. The van der Waals surface area contributed by atoms with Gasteiger partial charge in [0.05, 0.1) is 0 Å². The van der Waals surface area contributed by atoms with Crippen LogP contribution in [-0.4, -0.2) is 21.0 Å². The highest BCUT2D eigenvalue weighted by Gasteiger charge is 2.18. The molecule has 1 aromatic heterocycles. The second-order valence-corrected chi connectivity index (χ2v) is 6.01. The van der Waals surface area contributed by atoms with Gasteiger partial charge in [0.1, 0.15) is 15.2 Å². The number of nitrogens with two attached hydrogens (primary N) is 1. The lowest BCUT2D eigenvalue weighted by molar-refractivity contribution is 0.564. The first-order valence-electron chi connectivity index (χ1n) is 4.22. The van der Waals surface area contributed by atoms with E-state index in [0.29, 0.717) is 4.88 Å². The molecule has 0 radical (unpaired) electrons. The summed E-state index contributed by atoms with van der Waals surface area (Å²) in [5, 5.41) is 8.57. The van der Waals surface area contributed by atoms with E-state index in [0.717, 1.165) is 11.3 Å². The lowest BCUT2D eigenvalue weighted by atomic mass is 10.4. The van der Waals surface area contributed by atoms with Gasteiger partial charge in [-0.2, -0.15) is 5.26 Å². The van der Waals surface area contributed by atoms with Crippen molar-refractivity contribution < 1.29 is 8.42 Å². The molecule has 0 aliphatic carbocycles. The van der Waals surface area contributed by atoms with Crippen LogP contribution in [-0.2, 0) is 10.0 Å². The van der Waals surface area contributed by atoms with Crippen LogP contribution in [0, 0.1) is 11.3 Å². The Morgan fingerprint density at radius 2 is 2.33 bits per heavy atom. The summed E-state index contributed by atoms with van der Waals surface area (Å²) in [7, 11) is -3.52. The molecule has 0 amide bonds. The Kier molecular flexibility index (Phi) is 3.82. The zero-order valence-electron chi connectivity index (χ0n) is 8.10. The lowest BCUT2D eigenvalue weighted by Crippen LogP contribution is -2.37. The molecule has 1 aromatic rings. The molecule has 0 unspecified atom stereocenters. The van der Waals surface area contributed by atoms with Crippen molar-refractivity contribution in [2.45, 2.75) is 17.2 Å². The van der Waals surface area contributed by atoms with Crippen molar-refractivity contribution in [3.8, 4) is 6.07 Å². The zero-order chi connectivity index (χ0) is 11.5. The van der Waals surface area contributed by atoms with Gasteiger partial charge in [-0.1, -0.05) is 0 Å². The molecule has 1 rings (SSSR count). The van der Waals surface area contributed by atoms with E-state index in [1.165, 1.54) is 12.1 Å². The van der Waals surface area contributed by atoms with E-state index >= 15 is 0 Å². The Bertz CT molecular complexity index is 472. The highest BCUT2D eigenvalue weighted by molar-refractivity contribution is 7.91. The van der Waals surface area contributed by atoms with Crippen molar-refractivity contribution in [1.29, 1.82) is 5.26 Å². The molecule has 82 valence electrons. The summed E-state index contributed by atoms with van der Waals surface area (Å²) in [6.45, 7) is 1.91. The summed E-state index contributed by atoms with van der Waals surface area (Å²) in [5.41, 5.74) is 5.31. The normalized spacial score (nSPS) is 13.4. The molecule has 15 heavy (non-hydrogen) atoms. The van der Waals surface area contributed by atoms with Crippen LogP contribution in [0.3, 0.4) is 0 Å². The second-order valence-electron chi connectivity index (χ2n) is 2.99. The van der Waals surface area contributed by atoms with Gasteiger partial charge in [0, 0.05) is 12.6 Å². The fraction of sp³-hybridized carbons (Fsp3) is 0.375. The van der Waals surface area contributed by atoms with E-state index < -0.39 is 10.0 Å². The third-order valence-electron chi connectivity index (χ3n) is 1.67. The molecular formula is C8H11N3O2S2. The SMILES string of the molecule is C[C@H](CN)NS(=O)(=O)c1ccc(C#N)s1. The fourth-order valence-electron chi connectivity index (χ4n) is 0.896. The van der Waals surface area contributed by atoms with Gasteiger partial charge in [-0.05, 0) is 19.1 Å². The predicted molar refractivity (Wildman–Crippen MR) is 57.9 cm³/mol. The third-order valence-corrected chi connectivity index (χ3v) is 4.74. The van der Waals surface area contributed by atoms with Crippen LogP contribution in [0.1, 0.15) is 11.8 Å². The summed E-state index contributed by atoms with van der Waals surface area (Å²) in [6, 6.07) is 4.46. The number of thiophene rings is 1. The van der Waals surface area contributed by atoms with Crippen LogP contribution in [0.4, 0.5) is 0 Å². The molecule has 1 heterocycles. The van der Waals surface area contributed by atoms with Gasteiger partial charge in [-0.25, -0.2) is 13.1 Å². The summed E-state index contributed by atoms with van der Waals surface area (Å²) in [6.07, 6.45) is 0. The topological polar surface area (TPSA) is 96.0 Å². The quantitative estimate of drug-likeness (QED) is 0.794. The average Bonchev–Trinajstić information content (AvgIpc) is 2.65. The summed E-state index contributed by atoms with van der Waals surface area (Å²) >= 11 is 0.940. The Labute approximate surface area is 92.6 Å². The van der Waals surface area contributed by atoms with Crippen molar-refractivity contribution >= 4 is 21.4 Å². The van der Waals surface area contributed by atoms with E-state index in [-0.39, 0.29) is 16.8 Å². The smallest absolute Gasteiger partial charge is 0.250 e. The van der Waals surface area contributed by atoms with Crippen LogP contribution >= 0.6 is 11.3 Å². The van der Waals surface area contributed by atoms with Crippen LogP contribution in [0.2, 0.25) is 0 Å². The molecule has 0 aliphatic heterocycles. The van der Waals surface area contributed by atoms with Crippen molar-refractivity contribution in [3.05, 3.63) is 17.0 Å². The minimum absolute atomic E-state index is 0.138. The van der Waals surface area contributed by atoms with Gasteiger partial charge >= 0.3 is 0 Å². The molecule has 3 N–H and O–H groups in total. The maximum absolute atomic E-state index is 11.7. The minimum atomic E-state index is -3.52. The van der Waals surface area contributed by atoms with E-state index in [1.807, 2.05) is 6.07 Å². The van der Waals surface area contributed by atoms with Gasteiger partial charge in [0.15, 0.2) is 0 Å². The standard InChI is InChI=1S/C8H11N3O2S2/c1-6(4-9)11-15(12,13)8-3-2-7(5-10)14-8/h2-3,6,11H,4,9H2,1H3/t6-/m1/s1. The Morgan fingerprint density at radius 3 is 2.80 bits per heavy atom. The molecule has 0 fully saturated rings. The van der Waals surface area contributed by atoms with Crippen molar-refractivity contribution in [3.63, 3.8) is 0 Å². The first kappa shape index (κ1) is 12.1. The van der Waals surface area contributed by atoms with E-state index in [9.17, 15) is 8.42 Å². The highest BCUT2D eigenvalue weighted by Crippen LogP contribution is 2.20. The van der Waals surface area contributed by atoms with Gasteiger partial charge in [0.25, 0.3) is 0 Å². The summed E-state index contributed by atoms with van der Waals surface area (Å²) in [5.74, 6) is 0. The predicted octanol–water partition coefficient (Wildman–Crippen LogP) is 0.245. The second kappa shape index (κ2) is 4.72. The largest absolute Gasteiger partial charge is 0.329 e.